The smallest absolute Gasteiger partial charge is 0.266 e. The maximum Gasteiger partial charge on any atom is 0.266 e. The third-order valence-corrected chi connectivity index (χ3v) is 3.51. The first kappa shape index (κ1) is 14.0. The number of benzene rings is 2. The number of para-hydroxylation sites is 2. The Morgan fingerprint density at radius 3 is 2.67 bits per heavy atom. The van der Waals surface area contributed by atoms with Gasteiger partial charge < -0.3 is 9.97 Å². The molecule has 2 aromatic carbocycles. The van der Waals surface area contributed by atoms with E-state index in [2.05, 4.69) is 29.9 Å². The summed E-state index contributed by atoms with van der Waals surface area (Å²) < 4.78 is 0. The molecule has 3 heterocycles. The summed E-state index contributed by atoms with van der Waals surface area (Å²) in [6.07, 6.45) is 6.35. The minimum Gasteiger partial charge on any atom is -0.358 e. The molecule has 5 aromatic rings. The molecule has 0 aliphatic heterocycles. The predicted molar refractivity (Wildman–Crippen MR) is 91.6 cm³/mol. The first-order chi connectivity index (χ1) is 11.8. The molecule has 0 saturated carbocycles. The van der Waals surface area contributed by atoms with Crippen LogP contribution >= 0.6 is 0 Å². The number of aromatic nitrogens is 6. The fraction of sp³-hybridized carbons (Fsp3) is 0. The zero-order valence-electron chi connectivity index (χ0n) is 12.5. The Hall–Kier alpha value is -3.61. The summed E-state index contributed by atoms with van der Waals surface area (Å²) in [5.41, 5.74) is 5.03. The highest BCUT2D eigenvalue weighted by Crippen LogP contribution is 2.17. The van der Waals surface area contributed by atoms with Crippen LogP contribution in [-0.2, 0) is 0 Å². The van der Waals surface area contributed by atoms with Gasteiger partial charge in [0.05, 0.1) is 28.3 Å². The molecule has 0 fully saturated rings. The van der Waals surface area contributed by atoms with Crippen molar-refractivity contribution in [1.29, 1.82) is 0 Å². The molecule has 0 unspecified atom stereocenters. The van der Waals surface area contributed by atoms with E-state index in [1.165, 1.54) is 6.20 Å². The normalized spacial score (nSPS) is 10.7. The van der Waals surface area contributed by atoms with Gasteiger partial charge in [-0.1, -0.05) is 12.1 Å². The summed E-state index contributed by atoms with van der Waals surface area (Å²) in [6, 6.07) is 11.3. The number of nitrogens with one attached hydrogen (secondary N) is 2. The first-order valence-electron chi connectivity index (χ1n) is 7.28. The average molecular weight is 316 g/mol. The molecule has 7 heteroatoms. The monoisotopic (exact) mass is 316 g/mol. The maximum atomic E-state index is 10.8. The minimum absolute atomic E-state index is 0.163. The van der Waals surface area contributed by atoms with Crippen LogP contribution in [-0.4, -0.2) is 29.9 Å². The van der Waals surface area contributed by atoms with Crippen molar-refractivity contribution in [3.8, 4) is 0 Å². The van der Waals surface area contributed by atoms with Gasteiger partial charge in [-0.05, 0) is 24.3 Å². The van der Waals surface area contributed by atoms with Gasteiger partial charge >= 0.3 is 0 Å². The Morgan fingerprint density at radius 2 is 1.71 bits per heavy atom. The molecule has 0 spiro atoms. The lowest BCUT2D eigenvalue weighted by molar-refractivity contribution is 1.22. The van der Waals surface area contributed by atoms with Crippen molar-refractivity contribution in [2.45, 2.75) is 0 Å². The quantitative estimate of drug-likeness (QED) is 0.457. The van der Waals surface area contributed by atoms with Crippen molar-refractivity contribution < 1.29 is 0 Å². The number of aromatic amines is 2. The number of hydrogen-bond donors (Lipinski definition) is 2. The summed E-state index contributed by atoms with van der Waals surface area (Å²) in [5, 5.41) is 0. The van der Waals surface area contributed by atoms with Crippen molar-refractivity contribution >= 4 is 33.1 Å². The second kappa shape index (κ2) is 5.88. The van der Waals surface area contributed by atoms with Gasteiger partial charge in [0.15, 0.2) is 0 Å². The molecule has 24 heavy (non-hydrogen) atoms. The molecule has 0 amide bonds. The van der Waals surface area contributed by atoms with Gasteiger partial charge in [0.2, 0.25) is 0 Å². The molecule has 0 aliphatic carbocycles. The Labute approximate surface area is 135 Å². The van der Waals surface area contributed by atoms with E-state index in [0.717, 1.165) is 33.1 Å². The molecular formula is C17H12N6O. The van der Waals surface area contributed by atoms with Gasteiger partial charge in [-0.3, -0.25) is 9.78 Å². The molecular weight excluding hydrogens is 304 g/mol. The van der Waals surface area contributed by atoms with E-state index < -0.39 is 0 Å². The van der Waals surface area contributed by atoms with Crippen LogP contribution in [0.15, 0.2) is 66.1 Å². The highest BCUT2D eigenvalue weighted by Gasteiger charge is 2.02. The first-order valence-corrected chi connectivity index (χ1v) is 7.28. The van der Waals surface area contributed by atoms with Crippen LogP contribution < -0.4 is 5.56 Å². The number of nitrogens with zero attached hydrogens (tertiary/aromatic N) is 4. The summed E-state index contributed by atoms with van der Waals surface area (Å²) in [7, 11) is 0. The largest absolute Gasteiger partial charge is 0.358 e. The van der Waals surface area contributed by atoms with E-state index in [1.807, 2.05) is 36.4 Å². The third kappa shape index (κ3) is 2.58. The van der Waals surface area contributed by atoms with Crippen molar-refractivity contribution in [2.75, 3.05) is 0 Å². The molecule has 7 nitrogen and oxygen atoms in total. The van der Waals surface area contributed by atoms with Gasteiger partial charge in [-0.2, -0.15) is 0 Å². The van der Waals surface area contributed by atoms with Crippen molar-refractivity contribution in [2.24, 2.45) is 0 Å². The van der Waals surface area contributed by atoms with E-state index in [4.69, 9.17) is 0 Å². The Balaban J connectivity index is 0.000000123. The third-order valence-electron chi connectivity index (χ3n) is 3.51. The standard InChI is InChI=1S/C9H6N4.C8H6N2O/c1-2-7-9(13-5-12-7)8-6(1)10-3-4-11-8;11-8-5-9-6-3-1-2-4-7(6)10-8/h1-5,10H;1-5H,(H,10,11). The van der Waals surface area contributed by atoms with Crippen LogP contribution in [0.5, 0.6) is 0 Å². The van der Waals surface area contributed by atoms with Crippen molar-refractivity contribution in [3.63, 3.8) is 0 Å². The van der Waals surface area contributed by atoms with Gasteiger partial charge in [0.25, 0.3) is 5.56 Å². The number of hydrogen-bond acceptors (Lipinski definition) is 5. The second-order valence-corrected chi connectivity index (χ2v) is 5.06. The lowest BCUT2D eigenvalue weighted by Crippen LogP contribution is -2.04. The molecule has 5 rings (SSSR count). The SMILES string of the molecule is O=c1cnc2ccccc2[nH]1.c1nc2ccc3[nH]ccnc3c2n1. The Kier molecular flexibility index (Phi) is 3.43. The molecule has 0 saturated heterocycles. The lowest BCUT2D eigenvalue weighted by Gasteiger charge is -1.95. The highest BCUT2D eigenvalue weighted by molar-refractivity contribution is 5.99. The fourth-order valence-corrected chi connectivity index (χ4v) is 2.42. The number of rotatable bonds is 0. The summed E-state index contributed by atoms with van der Waals surface area (Å²) >= 11 is 0. The number of H-pyrrole nitrogens is 2. The Morgan fingerprint density at radius 1 is 0.792 bits per heavy atom. The summed E-state index contributed by atoms with van der Waals surface area (Å²) in [5.74, 6) is 0. The number of fused-ring (bicyclic) bond motifs is 4. The van der Waals surface area contributed by atoms with Crippen LogP contribution in [0.25, 0.3) is 33.1 Å². The maximum absolute atomic E-state index is 10.8. The van der Waals surface area contributed by atoms with E-state index in [-0.39, 0.29) is 5.56 Å². The molecule has 0 radical (unpaired) electrons. The Bertz CT molecular complexity index is 1190. The predicted octanol–water partition coefficient (Wildman–Crippen LogP) is 2.43. The van der Waals surface area contributed by atoms with E-state index in [9.17, 15) is 4.79 Å². The summed E-state index contributed by atoms with van der Waals surface area (Å²) in [4.78, 5) is 33.0. The van der Waals surface area contributed by atoms with Gasteiger partial charge in [0.1, 0.15) is 17.4 Å². The zero-order chi connectivity index (χ0) is 16.4. The fourth-order valence-electron chi connectivity index (χ4n) is 2.42. The van der Waals surface area contributed by atoms with E-state index >= 15 is 0 Å². The molecule has 0 aliphatic rings. The molecule has 0 bridgehead atoms. The van der Waals surface area contributed by atoms with Crippen molar-refractivity contribution in [1.82, 2.24) is 29.9 Å². The van der Waals surface area contributed by atoms with E-state index in [1.54, 1.807) is 18.7 Å². The summed E-state index contributed by atoms with van der Waals surface area (Å²) in [6.45, 7) is 0. The molecule has 3 aromatic heterocycles. The average Bonchev–Trinajstić information content (AvgIpc) is 3.11. The molecule has 116 valence electrons. The van der Waals surface area contributed by atoms with Crippen molar-refractivity contribution in [3.05, 3.63) is 71.7 Å². The topological polar surface area (TPSA) is 100 Å². The second-order valence-electron chi connectivity index (χ2n) is 5.06. The lowest BCUT2D eigenvalue weighted by atomic mass is 10.2. The van der Waals surface area contributed by atoms with E-state index in [0.29, 0.717) is 0 Å². The minimum atomic E-state index is -0.163. The molecule has 0 atom stereocenters. The number of imidazole rings is 1. The van der Waals surface area contributed by atoms with Crippen LogP contribution in [0.3, 0.4) is 0 Å². The van der Waals surface area contributed by atoms with Crippen LogP contribution in [0.1, 0.15) is 0 Å². The van der Waals surface area contributed by atoms with Gasteiger partial charge in [-0.15, -0.1) is 0 Å². The zero-order valence-corrected chi connectivity index (χ0v) is 12.5. The van der Waals surface area contributed by atoms with Crippen LogP contribution in [0, 0.1) is 0 Å². The van der Waals surface area contributed by atoms with Crippen LogP contribution in [0.4, 0.5) is 0 Å². The molecule has 2 N–H and O–H groups in total. The van der Waals surface area contributed by atoms with Gasteiger partial charge in [0, 0.05) is 12.4 Å². The van der Waals surface area contributed by atoms with Gasteiger partial charge in [-0.25, -0.2) is 15.0 Å². The van der Waals surface area contributed by atoms with Crippen LogP contribution in [0.2, 0.25) is 0 Å². The highest BCUT2D eigenvalue weighted by atomic mass is 16.1.